The van der Waals surface area contributed by atoms with E-state index >= 15 is 0 Å². The van der Waals surface area contributed by atoms with E-state index in [4.69, 9.17) is 5.11 Å². The van der Waals surface area contributed by atoms with E-state index in [0.717, 1.165) is 25.8 Å². The van der Waals surface area contributed by atoms with Gasteiger partial charge in [0.15, 0.2) is 0 Å². The normalized spacial score (nSPS) is 10.5. The number of aliphatic hydroxyl groups is 1. The zero-order valence-electron chi connectivity index (χ0n) is 11.9. The van der Waals surface area contributed by atoms with Crippen LogP contribution in [0.25, 0.3) is 0 Å². The van der Waals surface area contributed by atoms with E-state index in [1.807, 2.05) is 4.90 Å². The second-order valence-electron chi connectivity index (χ2n) is 4.28. The van der Waals surface area contributed by atoms with E-state index in [0.29, 0.717) is 25.9 Å². The first kappa shape index (κ1) is 17.9. The number of ether oxygens (including phenoxy) is 2. The van der Waals surface area contributed by atoms with Crippen molar-refractivity contribution in [2.24, 2.45) is 0 Å². The molecule has 0 bridgehead atoms. The van der Waals surface area contributed by atoms with Crippen molar-refractivity contribution in [3.8, 4) is 0 Å². The SMILES string of the molecule is COC(=O)CCN(CCCCCO)CCC(=O)OC. The lowest BCUT2D eigenvalue weighted by atomic mass is 10.2. The lowest BCUT2D eigenvalue weighted by Gasteiger charge is -2.21. The van der Waals surface area contributed by atoms with E-state index in [1.54, 1.807) is 0 Å². The van der Waals surface area contributed by atoms with Crippen LogP contribution in [-0.4, -0.2) is 62.4 Å². The maximum absolute atomic E-state index is 11.1. The highest BCUT2D eigenvalue weighted by Gasteiger charge is 2.10. The fourth-order valence-electron chi connectivity index (χ4n) is 1.66. The third-order valence-corrected chi connectivity index (χ3v) is 2.85. The van der Waals surface area contributed by atoms with Gasteiger partial charge in [-0.05, 0) is 25.8 Å². The molecule has 0 spiro atoms. The zero-order valence-corrected chi connectivity index (χ0v) is 11.9. The van der Waals surface area contributed by atoms with E-state index in [1.165, 1.54) is 14.2 Å². The maximum Gasteiger partial charge on any atom is 0.306 e. The molecular weight excluding hydrogens is 250 g/mol. The fraction of sp³-hybridized carbons (Fsp3) is 0.846. The van der Waals surface area contributed by atoms with Crippen LogP contribution in [0.1, 0.15) is 32.1 Å². The van der Waals surface area contributed by atoms with Gasteiger partial charge in [0.2, 0.25) is 0 Å². The Morgan fingerprint density at radius 1 is 0.895 bits per heavy atom. The Labute approximate surface area is 114 Å². The zero-order chi connectivity index (χ0) is 14.5. The van der Waals surface area contributed by atoms with Crippen LogP contribution in [0, 0.1) is 0 Å². The number of rotatable bonds is 11. The minimum atomic E-state index is -0.251. The number of aliphatic hydroxyl groups excluding tert-OH is 1. The Balaban J connectivity index is 3.98. The smallest absolute Gasteiger partial charge is 0.306 e. The van der Waals surface area contributed by atoms with Gasteiger partial charge in [-0.25, -0.2) is 0 Å². The molecule has 0 aliphatic carbocycles. The number of methoxy groups -OCH3 is 2. The predicted molar refractivity (Wildman–Crippen MR) is 70.6 cm³/mol. The molecule has 0 radical (unpaired) electrons. The summed E-state index contributed by atoms with van der Waals surface area (Å²) in [4.78, 5) is 24.3. The van der Waals surface area contributed by atoms with Gasteiger partial charge in [-0.1, -0.05) is 0 Å². The van der Waals surface area contributed by atoms with Gasteiger partial charge in [-0.3, -0.25) is 9.59 Å². The molecule has 6 nitrogen and oxygen atoms in total. The molecule has 0 heterocycles. The quantitative estimate of drug-likeness (QED) is 0.439. The summed E-state index contributed by atoms with van der Waals surface area (Å²) < 4.78 is 9.20. The van der Waals surface area contributed by atoms with Crippen LogP contribution in [-0.2, 0) is 19.1 Å². The van der Waals surface area contributed by atoms with Crippen molar-refractivity contribution < 1.29 is 24.2 Å². The molecule has 6 heteroatoms. The summed E-state index contributed by atoms with van der Waals surface area (Å²) in [5.41, 5.74) is 0. The average Bonchev–Trinajstić information content (AvgIpc) is 2.44. The Kier molecular flexibility index (Phi) is 11.2. The summed E-state index contributed by atoms with van der Waals surface area (Å²) in [7, 11) is 2.73. The molecule has 19 heavy (non-hydrogen) atoms. The number of hydrogen-bond donors (Lipinski definition) is 1. The van der Waals surface area contributed by atoms with Gasteiger partial charge < -0.3 is 19.5 Å². The van der Waals surface area contributed by atoms with Crippen LogP contribution in [0.15, 0.2) is 0 Å². The van der Waals surface area contributed by atoms with Gasteiger partial charge in [-0.15, -0.1) is 0 Å². The van der Waals surface area contributed by atoms with E-state index < -0.39 is 0 Å². The Hall–Kier alpha value is -1.14. The van der Waals surface area contributed by atoms with Crippen molar-refractivity contribution in [1.29, 1.82) is 0 Å². The molecule has 0 aliphatic rings. The van der Waals surface area contributed by atoms with Crippen molar-refractivity contribution in [2.45, 2.75) is 32.1 Å². The first-order chi connectivity index (χ1) is 9.13. The number of carbonyl (C=O) groups excluding carboxylic acids is 2. The van der Waals surface area contributed by atoms with Crippen LogP contribution < -0.4 is 0 Å². The molecule has 1 N–H and O–H groups in total. The van der Waals surface area contributed by atoms with Crippen molar-refractivity contribution >= 4 is 11.9 Å². The molecule has 0 atom stereocenters. The lowest BCUT2D eigenvalue weighted by molar-refractivity contribution is -0.141. The summed E-state index contributed by atoms with van der Waals surface area (Å²) in [6, 6.07) is 0. The molecule has 0 unspecified atom stereocenters. The minimum absolute atomic E-state index is 0.199. The summed E-state index contributed by atoms with van der Waals surface area (Å²) in [6.07, 6.45) is 3.28. The lowest BCUT2D eigenvalue weighted by Crippen LogP contribution is -2.30. The second kappa shape index (κ2) is 11.9. The van der Waals surface area contributed by atoms with Gasteiger partial charge in [0.05, 0.1) is 27.1 Å². The number of nitrogens with zero attached hydrogens (tertiary/aromatic N) is 1. The summed E-state index contributed by atoms with van der Waals surface area (Å²) in [5, 5.41) is 8.71. The van der Waals surface area contributed by atoms with Crippen LogP contribution in [0.2, 0.25) is 0 Å². The third-order valence-electron chi connectivity index (χ3n) is 2.85. The molecule has 0 aromatic rings. The van der Waals surface area contributed by atoms with Crippen molar-refractivity contribution in [2.75, 3.05) is 40.5 Å². The molecule has 0 saturated carbocycles. The third kappa shape index (κ3) is 10.5. The first-order valence-electron chi connectivity index (χ1n) is 6.61. The molecule has 0 aromatic heterocycles. The van der Waals surface area contributed by atoms with Crippen LogP contribution in [0.5, 0.6) is 0 Å². The topological polar surface area (TPSA) is 76.1 Å². The van der Waals surface area contributed by atoms with Crippen molar-refractivity contribution in [1.82, 2.24) is 4.90 Å². The second-order valence-corrected chi connectivity index (χ2v) is 4.28. The van der Waals surface area contributed by atoms with E-state index in [2.05, 4.69) is 9.47 Å². The van der Waals surface area contributed by atoms with Gasteiger partial charge in [0, 0.05) is 19.7 Å². The minimum Gasteiger partial charge on any atom is -0.469 e. The van der Waals surface area contributed by atoms with Crippen LogP contribution >= 0.6 is 0 Å². The first-order valence-corrected chi connectivity index (χ1v) is 6.61. The average molecular weight is 275 g/mol. The molecule has 0 aliphatic heterocycles. The number of carbonyl (C=O) groups is 2. The monoisotopic (exact) mass is 275 g/mol. The maximum atomic E-state index is 11.1. The molecule has 0 amide bonds. The predicted octanol–water partition coefficient (Wildman–Crippen LogP) is 0.577. The van der Waals surface area contributed by atoms with Crippen molar-refractivity contribution in [3.05, 3.63) is 0 Å². The largest absolute Gasteiger partial charge is 0.469 e. The number of hydrogen-bond acceptors (Lipinski definition) is 6. The Morgan fingerprint density at radius 2 is 1.42 bits per heavy atom. The Morgan fingerprint density at radius 3 is 1.84 bits per heavy atom. The molecule has 0 aromatic carbocycles. The highest BCUT2D eigenvalue weighted by molar-refractivity contribution is 5.70. The van der Waals surface area contributed by atoms with Gasteiger partial charge in [0.1, 0.15) is 0 Å². The van der Waals surface area contributed by atoms with Gasteiger partial charge in [0.25, 0.3) is 0 Å². The summed E-state index contributed by atoms with van der Waals surface area (Å²) >= 11 is 0. The summed E-state index contributed by atoms with van der Waals surface area (Å²) in [6.45, 7) is 2.14. The fourth-order valence-corrected chi connectivity index (χ4v) is 1.66. The van der Waals surface area contributed by atoms with Gasteiger partial charge >= 0.3 is 11.9 Å². The van der Waals surface area contributed by atoms with Gasteiger partial charge in [-0.2, -0.15) is 0 Å². The highest BCUT2D eigenvalue weighted by atomic mass is 16.5. The molecule has 0 fully saturated rings. The Bertz CT molecular complexity index is 237. The van der Waals surface area contributed by atoms with E-state index in [-0.39, 0.29) is 18.5 Å². The molecule has 0 saturated heterocycles. The van der Waals surface area contributed by atoms with E-state index in [9.17, 15) is 9.59 Å². The van der Waals surface area contributed by atoms with Crippen LogP contribution in [0.3, 0.4) is 0 Å². The number of esters is 2. The molecular formula is C13H25NO5. The summed E-state index contributed by atoms with van der Waals surface area (Å²) in [5.74, 6) is -0.503. The standard InChI is InChI=1S/C13H25NO5/c1-18-12(16)6-9-14(8-4-3-5-11-15)10-7-13(17)19-2/h15H,3-11H2,1-2H3. The molecule has 112 valence electrons. The number of unbranched alkanes of at least 4 members (excludes halogenated alkanes) is 2. The van der Waals surface area contributed by atoms with Crippen molar-refractivity contribution in [3.63, 3.8) is 0 Å². The van der Waals surface area contributed by atoms with Crippen LogP contribution in [0.4, 0.5) is 0 Å². The highest BCUT2D eigenvalue weighted by Crippen LogP contribution is 2.02. The molecule has 0 rings (SSSR count).